The number of nitrogens with one attached hydrogen (secondary N) is 1. The van der Waals surface area contributed by atoms with Crippen molar-refractivity contribution >= 4 is 23.3 Å². The first-order chi connectivity index (χ1) is 15.2. The molecule has 5 aliphatic rings. The van der Waals surface area contributed by atoms with Gasteiger partial charge in [0, 0.05) is 31.6 Å². The quantitative estimate of drug-likeness (QED) is 0.341. The predicted octanol–water partition coefficient (Wildman–Crippen LogP) is 0.390. The van der Waals surface area contributed by atoms with Crippen molar-refractivity contribution in [2.24, 2.45) is 34.6 Å². The molecule has 2 bridgehead atoms. The summed E-state index contributed by atoms with van der Waals surface area (Å²) in [5, 5.41) is 9.78. The van der Waals surface area contributed by atoms with Crippen molar-refractivity contribution in [1.29, 1.82) is 0 Å². The second kappa shape index (κ2) is 8.42. The Morgan fingerprint density at radius 1 is 1.33 bits per heavy atom. The molecule has 0 amide bonds. The van der Waals surface area contributed by atoms with Gasteiger partial charge in [-0.1, -0.05) is 20.3 Å². The van der Waals surface area contributed by atoms with Crippen molar-refractivity contribution in [3.05, 3.63) is 0 Å². The second-order valence-electron chi connectivity index (χ2n) is 11.5. The van der Waals surface area contributed by atoms with Crippen LogP contribution in [-0.2, 0) is 24.3 Å². The number of carboxylic acids is 1. The van der Waals surface area contributed by atoms with Crippen LogP contribution in [0.25, 0.3) is 0 Å². The summed E-state index contributed by atoms with van der Waals surface area (Å²) in [4.78, 5) is 12.0. The van der Waals surface area contributed by atoms with Gasteiger partial charge in [0.2, 0.25) is 0 Å². The van der Waals surface area contributed by atoms with Crippen LogP contribution in [0, 0.1) is 23.2 Å². The summed E-state index contributed by atoms with van der Waals surface area (Å²) in [5.74, 6) is -0.530. The molecule has 3 aliphatic carbocycles. The van der Waals surface area contributed by atoms with Crippen molar-refractivity contribution in [2.75, 3.05) is 19.6 Å². The van der Waals surface area contributed by atoms with Crippen LogP contribution in [0.2, 0.25) is 6.32 Å². The summed E-state index contributed by atoms with van der Waals surface area (Å²) in [6.45, 7) is 8.36. The molecule has 2 saturated heterocycles. The average Bonchev–Trinajstić information content (AvgIpc) is 3.24. The molecule has 10 nitrogen and oxygen atoms in total. The summed E-state index contributed by atoms with van der Waals surface area (Å²) in [6, 6.07) is -0.353. The van der Waals surface area contributed by atoms with Gasteiger partial charge >= 0.3 is 13.1 Å². The monoisotopic (exact) mass is 486 g/mol. The zero-order valence-electron chi connectivity index (χ0n) is 20.1. The number of hydrogen-bond acceptors (Lipinski definition) is 7. The van der Waals surface area contributed by atoms with Gasteiger partial charge in [-0.15, -0.1) is 0 Å². The number of nitrogens with two attached hydrogens (primary N) is 2. The first-order valence-corrected chi connectivity index (χ1v) is 13.5. The van der Waals surface area contributed by atoms with E-state index >= 15 is 0 Å². The van der Waals surface area contributed by atoms with E-state index in [2.05, 4.69) is 25.5 Å². The molecule has 0 aromatic heterocycles. The third-order valence-electron chi connectivity index (χ3n) is 8.91. The molecule has 2 aliphatic heterocycles. The van der Waals surface area contributed by atoms with Crippen LogP contribution in [0.15, 0.2) is 0 Å². The molecule has 1 unspecified atom stereocenters. The maximum atomic E-state index is 12.6. The smallest absolute Gasteiger partial charge is 0.457 e. The highest BCUT2D eigenvalue weighted by molar-refractivity contribution is 7.87. The van der Waals surface area contributed by atoms with Crippen molar-refractivity contribution in [3.8, 4) is 0 Å². The number of nitrogens with zero attached hydrogens (tertiary/aromatic N) is 1. The second-order valence-corrected chi connectivity index (χ2v) is 13.3. The molecule has 2 heterocycles. The van der Waals surface area contributed by atoms with Gasteiger partial charge in [-0.05, 0) is 56.7 Å². The third kappa shape index (κ3) is 4.26. The largest absolute Gasteiger partial charge is 0.480 e. The van der Waals surface area contributed by atoms with Crippen LogP contribution in [0.5, 0.6) is 0 Å². The van der Waals surface area contributed by atoms with E-state index in [4.69, 9.17) is 20.8 Å². The van der Waals surface area contributed by atoms with Gasteiger partial charge in [0.15, 0.2) is 0 Å². The van der Waals surface area contributed by atoms with E-state index < -0.39 is 27.6 Å². The lowest BCUT2D eigenvalue weighted by atomic mass is 9.43. The van der Waals surface area contributed by atoms with E-state index in [-0.39, 0.29) is 49.9 Å². The van der Waals surface area contributed by atoms with Crippen LogP contribution in [0.3, 0.4) is 0 Å². The fraction of sp³-hybridized carbons (Fsp3) is 0.952. The Labute approximate surface area is 197 Å². The molecule has 5 rings (SSSR count). The maximum Gasteiger partial charge on any atom is 0.457 e. The molecule has 12 heteroatoms. The molecule has 33 heavy (non-hydrogen) atoms. The van der Waals surface area contributed by atoms with Crippen LogP contribution >= 0.6 is 0 Å². The SMILES string of the molecule is CC(N)CNS(=O)(=O)N1C[C@H](CCCB2O[C@H]3C[C@H]4C[C@H](C4(C)C)[C@@]3(C)O2)[C@](N)(C(=O)O)C1. The van der Waals surface area contributed by atoms with Gasteiger partial charge in [0.05, 0.1) is 11.7 Å². The number of hydrogen-bond donors (Lipinski definition) is 4. The fourth-order valence-electron chi connectivity index (χ4n) is 6.60. The first-order valence-electron chi connectivity index (χ1n) is 12.1. The summed E-state index contributed by atoms with van der Waals surface area (Å²) >= 11 is 0. The topological polar surface area (TPSA) is 157 Å². The lowest BCUT2D eigenvalue weighted by Gasteiger charge is -2.64. The van der Waals surface area contributed by atoms with E-state index in [0.717, 1.165) is 10.7 Å². The van der Waals surface area contributed by atoms with E-state index in [1.54, 1.807) is 6.92 Å². The average molecular weight is 486 g/mol. The molecule has 0 aromatic rings. The molecule has 6 N–H and O–H groups in total. The summed E-state index contributed by atoms with van der Waals surface area (Å²) in [5.41, 5.74) is 10.2. The minimum Gasteiger partial charge on any atom is -0.480 e. The summed E-state index contributed by atoms with van der Waals surface area (Å²) in [6.07, 6.45) is 4.06. The number of carboxylic acid groups (broad SMARTS) is 1. The zero-order chi connectivity index (χ0) is 24.4. The maximum absolute atomic E-state index is 12.6. The van der Waals surface area contributed by atoms with Gasteiger partial charge in [0.25, 0.3) is 10.2 Å². The first kappa shape index (κ1) is 25.3. The standard InChI is InChI=1S/C21H39BN4O6S/c1-13(23)10-25-33(29,30)26-11-14(21(24,12-26)18(27)28)6-5-7-22-31-17-9-15-8-16(19(15,2)3)20(17,4)32-22/h13-17,25H,5-12,23-24H2,1-4H3,(H,27,28)/t13?,14-,15+,16+,17-,20+,21-/m0/s1. The van der Waals surface area contributed by atoms with Crippen LogP contribution in [-0.4, -0.2) is 73.8 Å². The minimum atomic E-state index is -3.86. The minimum absolute atomic E-state index is 0.0573. The Hall–Kier alpha value is -0.755. The number of carbonyl (C=O) groups is 1. The van der Waals surface area contributed by atoms with Gasteiger partial charge in [-0.25, -0.2) is 4.72 Å². The van der Waals surface area contributed by atoms with Crippen LogP contribution in [0.4, 0.5) is 0 Å². The molecule has 3 saturated carbocycles. The normalized spacial score (nSPS) is 41.0. The number of aliphatic carboxylic acids is 1. The Balaban J connectivity index is 1.34. The van der Waals surface area contributed by atoms with Gasteiger partial charge in [-0.3, -0.25) is 4.79 Å². The summed E-state index contributed by atoms with van der Waals surface area (Å²) in [7, 11) is -4.18. The van der Waals surface area contributed by atoms with Crippen LogP contribution < -0.4 is 16.2 Å². The summed E-state index contributed by atoms with van der Waals surface area (Å²) < 4.78 is 41.5. The van der Waals surface area contributed by atoms with Crippen molar-refractivity contribution in [2.45, 2.75) is 83.0 Å². The molecule has 0 radical (unpaired) electrons. The van der Waals surface area contributed by atoms with Crippen molar-refractivity contribution < 1.29 is 27.6 Å². The molecule has 188 valence electrons. The highest BCUT2D eigenvalue weighted by atomic mass is 32.2. The van der Waals surface area contributed by atoms with Crippen molar-refractivity contribution in [1.82, 2.24) is 9.03 Å². The Bertz CT molecular complexity index is 888. The van der Waals surface area contributed by atoms with Gasteiger partial charge in [0.1, 0.15) is 5.54 Å². The highest BCUT2D eigenvalue weighted by Crippen LogP contribution is 2.65. The van der Waals surface area contributed by atoms with E-state index in [9.17, 15) is 18.3 Å². The molecule has 0 spiro atoms. The van der Waals surface area contributed by atoms with Gasteiger partial charge in [-0.2, -0.15) is 12.7 Å². The predicted molar refractivity (Wildman–Crippen MR) is 124 cm³/mol. The Kier molecular flexibility index (Phi) is 6.47. The van der Waals surface area contributed by atoms with E-state index in [1.165, 1.54) is 6.42 Å². The van der Waals surface area contributed by atoms with Crippen molar-refractivity contribution in [3.63, 3.8) is 0 Å². The Morgan fingerprint density at radius 2 is 2.03 bits per heavy atom. The lowest BCUT2D eigenvalue weighted by Crippen LogP contribution is -2.65. The molecule has 5 fully saturated rings. The molecule has 0 aromatic carbocycles. The fourth-order valence-corrected chi connectivity index (χ4v) is 8.02. The molecule has 7 atom stereocenters. The van der Waals surface area contributed by atoms with E-state index in [0.29, 0.717) is 31.0 Å². The van der Waals surface area contributed by atoms with Gasteiger partial charge < -0.3 is 25.9 Å². The highest BCUT2D eigenvalue weighted by Gasteiger charge is 2.67. The lowest BCUT2D eigenvalue weighted by molar-refractivity contribution is -0.199. The van der Waals surface area contributed by atoms with E-state index in [1.807, 2.05) is 0 Å². The number of rotatable bonds is 9. The molecular weight excluding hydrogens is 447 g/mol. The van der Waals surface area contributed by atoms with Crippen LogP contribution in [0.1, 0.15) is 53.4 Å². The zero-order valence-corrected chi connectivity index (χ0v) is 20.9. The Morgan fingerprint density at radius 3 is 2.64 bits per heavy atom. The third-order valence-corrected chi connectivity index (χ3v) is 10.4. The molecular formula is C21H39BN4O6S.